The molecule has 1 fully saturated rings. The van der Waals surface area contributed by atoms with Gasteiger partial charge in [-0.05, 0) is 79.3 Å². The summed E-state index contributed by atoms with van der Waals surface area (Å²) in [4.78, 5) is 32.2. The molecule has 222 valence electrons. The molecular formula is C33H35FN6O3. The molecule has 10 heteroatoms. The largest absolute Gasteiger partial charge is 0.378 e. The second kappa shape index (κ2) is 13.2. The van der Waals surface area contributed by atoms with Gasteiger partial charge in [0.1, 0.15) is 23.9 Å². The van der Waals surface area contributed by atoms with Gasteiger partial charge in [-0.15, -0.1) is 5.10 Å². The highest BCUT2D eigenvalue weighted by molar-refractivity contribution is 5.97. The SMILES string of the molecule is O=C(Nc1ccc(N2CCOCC2)cc1)[C@H]([C@H]1CC=CCC1)N(Cc1ccc(F)cc1)C(=O)Cn1nnc2ccccc21. The normalized spacial score (nSPS) is 17.5. The molecule has 9 nitrogen and oxygen atoms in total. The van der Waals surface area contributed by atoms with Gasteiger partial charge in [-0.25, -0.2) is 9.07 Å². The Morgan fingerprint density at radius 1 is 1.00 bits per heavy atom. The van der Waals surface area contributed by atoms with Crippen LogP contribution in [0, 0.1) is 11.7 Å². The quantitative estimate of drug-likeness (QED) is 0.285. The van der Waals surface area contributed by atoms with E-state index in [-0.39, 0.29) is 36.6 Å². The van der Waals surface area contributed by atoms with Gasteiger partial charge in [0.15, 0.2) is 0 Å². The van der Waals surface area contributed by atoms with E-state index >= 15 is 0 Å². The zero-order valence-corrected chi connectivity index (χ0v) is 23.9. The first-order valence-electron chi connectivity index (χ1n) is 14.8. The third-order valence-corrected chi connectivity index (χ3v) is 8.16. The topological polar surface area (TPSA) is 92.6 Å². The highest BCUT2D eigenvalue weighted by Crippen LogP contribution is 2.29. The lowest BCUT2D eigenvalue weighted by Gasteiger charge is -2.37. The highest BCUT2D eigenvalue weighted by atomic mass is 19.1. The lowest BCUT2D eigenvalue weighted by atomic mass is 9.85. The standard InChI is InChI=1S/C33H35FN6O3/c34-26-12-10-24(11-13-26)22-39(31(41)23-40-30-9-5-4-8-29(30)36-37-40)32(25-6-2-1-3-7-25)33(42)35-27-14-16-28(17-15-27)38-18-20-43-21-19-38/h1-2,4-5,8-17,25,32H,3,6-7,18-23H2,(H,35,42)/t25-,32-/m0/s1. The van der Waals surface area contributed by atoms with Gasteiger partial charge in [-0.3, -0.25) is 9.59 Å². The second-order valence-corrected chi connectivity index (χ2v) is 11.0. The lowest BCUT2D eigenvalue weighted by Crippen LogP contribution is -2.52. The molecule has 6 rings (SSSR count). The highest BCUT2D eigenvalue weighted by Gasteiger charge is 2.37. The third kappa shape index (κ3) is 6.75. The van der Waals surface area contributed by atoms with Crippen LogP contribution in [0.1, 0.15) is 24.8 Å². The number of anilines is 2. The number of halogens is 1. The van der Waals surface area contributed by atoms with Gasteiger partial charge in [-0.2, -0.15) is 0 Å². The number of nitrogens with zero attached hydrogens (tertiary/aromatic N) is 5. The fourth-order valence-electron chi connectivity index (χ4n) is 5.89. The van der Waals surface area contributed by atoms with Crippen molar-refractivity contribution in [3.63, 3.8) is 0 Å². The summed E-state index contributed by atoms with van der Waals surface area (Å²) in [6, 6.07) is 20.5. The maximum atomic E-state index is 14.2. The summed E-state index contributed by atoms with van der Waals surface area (Å²) in [7, 11) is 0. The van der Waals surface area contributed by atoms with Crippen molar-refractivity contribution in [3.05, 3.63) is 96.3 Å². The summed E-state index contributed by atoms with van der Waals surface area (Å²) in [5, 5.41) is 11.5. The van der Waals surface area contributed by atoms with Gasteiger partial charge in [0.05, 0.1) is 18.7 Å². The van der Waals surface area contributed by atoms with E-state index in [0.717, 1.165) is 42.7 Å². The monoisotopic (exact) mass is 582 g/mol. The number of rotatable bonds is 9. The first-order valence-corrected chi connectivity index (χ1v) is 14.8. The van der Waals surface area contributed by atoms with Crippen LogP contribution < -0.4 is 10.2 Å². The first kappa shape index (κ1) is 28.5. The second-order valence-electron chi connectivity index (χ2n) is 11.0. The van der Waals surface area contributed by atoms with Crippen LogP contribution in [-0.2, 0) is 27.4 Å². The number of morpholine rings is 1. The van der Waals surface area contributed by atoms with E-state index in [1.54, 1.807) is 21.7 Å². The predicted octanol–water partition coefficient (Wildman–Crippen LogP) is 4.80. The van der Waals surface area contributed by atoms with Crippen molar-refractivity contribution in [1.82, 2.24) is 19.9 Å². The number of aromatic nitrogens is 3. The minimum Gasteiger partial charge on any atom is -0.378 e. The van der Waals surface area contributed by atoms with Gasteiger partial charge in [0, 0.05) is 31.0 Å². The van der Waals surface area contributed by atoms with E-state index < -0.39 is 6.04 Å². The summed E-state index contributed by atoms with van der Waals surface area (Å²) in [5.41, 5.74) is 3.89. The molecule has 43 heavy (non-hydrogen) atoms. The van der Waals surface area contributed by atoms with E-state index in [9.17, 15) is 14.0 Å². The Labute approximate surface area is 249 Å². The molecule has 0 radical (unpaired) electrons. The minimum atomic E-state index is -0.754. The molecule has 3 aromatic carbocycles. The molecule has 0 spiro atoms. The van der Waals surface area contributed by atoms with Crippen LogP contribution in [0.2, 0.25) is 0 Å². The van der Waals surface area contributed by atoms with E-state index in [1.165, 1.54) is 12.1 Å². The van der Waals surface area contributed by atoms with Crippen LogP contribution in [0.5, 0.6) is 0 Å². The maximum Gasteiger partial charge on any atom is 0.247 e. The molecule has 1 aliphatic heterocycles. The van der Waals surface area contributed by atoms with Crippen molar-refractivity contribution in [1.29, 1.82) is 0 Å². The van der Waals surface area contributed by atoms with Crippen LogP contribution in [-0.4, -0.2) is 64.1 Å². The zero-order chi connectivity index (χ0) is 29.6. The maximum absolute atomic E-state index is 14.2. The van der Waals surface area contributed by atoms with Crippen LogP contribution >= 0.6 is 0 Å². The molecule has 2 heterocycles. The van der Waals surface area contributed by atoms with Crippen molar-refractivity contribution in [3.8, 4) is 0 Å². The van der Waals surface area contributed by atoms with Gasteiger partial charge < -0.3 is 19.9 Å². The fraction of sp³-hybridized carbons (Fsp3) is 0.333. The van der Waals surface area contributed by atoms with Gasteiger partial charge >= 0.3 is 0 Å². The van der Waals surface area contributed by atoms with Crippen LogP contribution in [0.15, 0.2) is 84.9 Å². The molecule has 2 atom stereocenters. The number of para-hydroxylation sites is 1. The Morgan fingerprint density at radius 2 is 1.77 bits per heavy atom. The summed E-state index contributed by atoms with van der Waals surface area (Å²) < 4.78 is 20.8. The average Bonchev–Trinajstić information content (AvgIpc) is 3.45. The molecule has 0 bridgehead atoms. The molecule has 1 saturated heterocycles. The van der Waals surface area contributed by atoms with Crippen LogP contribution in [0.4, 0.5) is 15.8 Å². The fourth-order valence-corrected chi connectivity index (χ4v) is 5.89. The van der Waals surface area contributed by atoms with E-state index in [0.29, 0.717) is 30.8 Å². The first-order chi connectivity index (χ1) is 21.0. The Bertz CT molecular complexity index is 1580. The van der Waals surface area contributed by atoms with Gasteiger partial charge in [-0.1, -0.05) is 41.6 Å². The Hall–Kier alpha value is -4.57. The van der Waals surface area contributed by atoms with Crippen LogP contribution in [0.25, 0.3) is 11.0 Å². The van der Waals surface area contributed by atoms with Crippen LogP contribution in [0.3, 0.4) is 0 Å². The molecule has 0 saturated carbocycles. The molecule has 1 aromatic heterocycles. The number of amides is 2. The van der Waals surface area contributed by atoms with E-state index in [4.69, 9.17) is 4.74 Å². The third-order valence-electron chi connectivity index (χ3n) is 8.16. The Balaban J connectivity index is 1.29. The number of hydrogen-bond acceptors (Lipinski definition) is 6. The zero-order valence-electron chi connectivity index (χ0n) is 23.9. The molecule has 2 aliphatic rings. The van der Waals surface area contributed by atoms with Crippen molar-refractivity contribution in [2.45, 2.75) is 38.4 Å². The van der Waals surface area contributed by atoms with Crippen molar-refractivity contribution < 1.29 is 18.7 Å². The number of benzene rings is 3. The van der Waals surface area contributed by atoms with Gasteiger partial charge in [0.25, 0.3) is 0 Å². The Kier molecular flexibility index (Phi) is 8.74. The number of carbonyl (C=O) groups excluding carboxylic acids is 2. The van der Waals surface area contributed by atoms with Crippen molar-refractivity contribution >= 4 is 34.2 Å². The van der Waals surface area contributed by atoms with Crippen molar-refractivity contribution in [2.24, 2.45) is 5.92 Å². The smallest absolute Gasteiger partial charge is 0.247 e. The summed E-state index contributed by atoms with van der Waals surface area (Å²) in [5.74, 6) is -0.965. The number of ether oxygens (including phenoxy) is 1. The number of nitrogens with one attached hydrogen (secondary N) is 1. The molecule has 1 aliphatic carbocycles. The summed E-state index contributed by atoms with van der Waals surface area (Å²) in [6.07, 6.45) is 6.47. The minimum absolute atomic E-state index is 0.0811. The lowest BCUT2D eigenvalue weighted by molar-refractivity contribution is -0.142. The van der Waals surface area contributed by atoms with E-state index in [2.05, 4.69) is 32.7 Å². The number of fused-ring (bicyclic) bond motifs is 1. The van der Waals surface area contributed by atoms with Crippen molar-refractivity contribution in [2.75, 3.05) is 36.5 Å². The number of carbonyl (C=O) groups is 2. The molecular weight excluding hydrogens is 547 g/mol. The average molecular weight is 583 g/mol. The number of allylic oxidation sites excluding steroid dienone is 2. The van der Waals surface area contributed by atoms with Gasteiger partial charge in [0.2, 0.25) is 11.8 Å². The molecule has 4 aromatic rings. The molecule has 2 amide bonds. The predicted molar refractivity (Wildman–Crippen MR) is 163 cm³/mol. The Morgan fingerprint density at radius 3 is 2.51 bits per heavy atom. The molecule has 1 N–H and O–H groups in total. The summed E-state index contributed by atoms with van der Waals surface area (Å²) in [6.45, 7) is 3.11. The van der Waals surface area contributed by atoms with E-state index in [1.807, 2.05) is 48.5 Å². The summed E-state index contributed by atoms with van der Waals surface area (Å²) >= 11 is 0. The number of hydrogen-bond donors (Lipinski definition) is 1. The molecule has 0 unspecified atom stereocenters.